The van der Waals surface area contributed by atoms with Crippen molar-refractivity contribution in [3.05, 3.63) is 70.6 Å². The van der Waals surface area contributed by atoms with E-state index in [0.29, 0.717) is 0 Å². The smallest absolute Gasteiger partial charge is 0.137 e. The third-order valence-electron chi connectivity index (χ3n) is 5.16. The number of hydrogen-bond donors (Lipinski definition) is 1. The van der Waals surface area contributed by atoms with Crippen molar-refractivity contribution in [3.63, 3.8) is 0 Å². The van der Waals surface area contributed by atoms with Crippen molar-refractivity contribution < 1.29 is 0 Å². The summed E-state index contributed by atoms with van der Waals surface area (Å²) in [6.07, 6.45) is 3.91. The number of nitrogens with one attached hydrogen (secondary N) is 1. The van der Waals surface area contributed by atoms with Crippen molar-refractivity contribution in [1.29, 1.82) is 0 Å². The van der Waals surface area contributed by atoms with Crippen LogP contribution >= 0.6 is 27.7 Å². The lowest BCUT2D eigenvalue weighted by Gasteiger charge is -2.35. The van der Waals surface area contributed by atoms with E-state index < -0.39 is 0 Å². The molecular weight excluding hydrogens is 444 g/mol. The van der Waals surface area contributed by atoms with Gasteiger partial charge in [0.2, 0.25) is 0 Å². The molecule has 2 aromatic carbocycles. The molecule has 2 heterocycles. The standard InChI is InChI=1S/C23H25BrN4S/c1-3-22-25-15-18-19(13-14-28(4-2)23(18)27-22)26-20-7-5-6-8-21(20)29-17-11-9-16(24)10-12-17/h5-12,15,19,26H,3-4,13-14H2,1-2H3. The van der Waals surface area contributed by atoms with E-state index in [1.165, 1.54) is 15.4 Å². The first-order valence-electron chi connectivity index (χ1n) is 10.1. The van der Waals surface area contributed by atoms with Gasteiger partial charge in [-0.1, -0.05) is 46.7 Å². The highest BCUT2D eigenvalue weighted by Gasteiger charge is 2.27. The molecule has 1 N–H and O–H groups in total. The van der Waals surface area contributed by atoms with Gasteiger partial charge in [-0.05, 0) is 49.7 Å². The molecular formula is C23H25BrN4S. The van der Waals surface area contributed by atoms with E-state index >= 15 is 0 Å². The molecule has 0 bridgehead atoms. The van der Waals surface area contributed by atoms with Crippen LogP contribution in [-0.2, 0) is 6.42 Å². The average molecular weight is 469 g/mol. The number of hydrogen-bond acceptors (Lipinski definition) is 5. The second kappa shape index (κ2) is 9.18. The molecule has 0 amide bonds. The zero-order valence-corrected chi connectivity index (χ0v) is 19.1. The van der Waals surface area contributed by atoms with E-state index in [-0.39, 0.29) is 6.04 Å². The van der Waals surface area contributed by atoms with Crippen molar-refractivity contribution in [3.8, 4) is 0 Å². The fraction of sp³-hybridized carbons (Fsp3) is 0.304. The Hall–Kier alpha value is -2.05. The third kappa shape index (κ3) is 4.59. The number of anilines is 2. The topological polar surface area (TPSA) is 41.1 Å². The van der Waals surface area contributed by atoms with Gasteiger partial charge in [0.05, 0.1) is 6.04 Å². The van der Waals surface area contributed by atoms with Crippen LogP contribution in [-0.4, -0.2) is 23.1 Å². The monoisotopic (exact) mass is 468 g/mol. The summed E-state index contributed by atoms with van der Waals surface area (Å²) in [5.74, 6) is 2.00. The van der Waals surface area contributed by atoms with Gasteiger partial charge in [-0.3, -0.25) is 0 Å². The zero-order valence-electron chi connectivity index (χ0n) is 16.7. The lowest BCUT2D eigenvalue weighted by Crippen LogP contribution is -2.34. The highest BCUT2D eigenvalue weighted by molar-refractivity contribution is 9.10. The summed E-state index contributed by atoms with van der Waals surface area (Å²) in [5, 5.41) is 3.78. The maximum Gasteiger partial charge on any atom is 0.137 e. The fourth-order valence-electron chi connectivity index (χ4n) is 3.58. The highest BCUT2D eigenvalue weighted by atomic mass is 79.9. The quantitative estimate of drug-likeness (QED) is 0.457. The average Bonchev–Trinajstić information content (AvgIpc) is 2.76. The molecule has 29 heavy (non-hydrogen) atoms. The minimum Gasteiger partial charge on any atom is -0.377 e. The van der Waals surface area contributed by atoms with E-state index in [4.69, 9.17) is 4.98 Å². The molecule has 1 aliphatic heterocycles. The van der Waals surface area contributed by atoms with Crippen molar-refractivity contribution in [2.24, 2.45) is 0 Å². The van der Waals surface area contributed by atoms with Crippen LogP contribution in [0.15, 0.2) is 69.0 Å². The predicted molar refractivity (Wildman–Crippen MR) is 125 cm³/mol. The number of para-hydroxylation sites is 1. The minimum absolute atomic E-state index is 0.213. The summed E-state index contributed by atoms with van der Waals surface area (Å²) in [6.45, 7) is 6.26. The van der Waals surface area contributed by atoms with E-state index in [1.807, 2.05) is 6.20 Å². The maximum absolute atomic E-state index is 4.84. The van der Waals surface area contributed by atoms with Gasteiger partial charge >= 0.3 is 0 Å². The minimum atomic E-state index is 0.213. The Kier molecular flexibility index (Phi) is 6.40. The molecule has 1 unspecified atom stereocenters. The maximum atomic E-state index is 4.84. The largest absolute Gasteiger partial charge is 0.377 e. The Labute approximate surface area is 185 Å². The SMILES string of the molecule is CCc1ncc2c(n1)N(CC)CCC2Nc1ccccc1Sc1ccc(Br)cc1. The number of benzene rings is 2. The zero-order chi connectivity index (χ0) is 20.2. The highest BCUT2D eigenvalue weighted by Crippen LogP contribution is 2.38. The van der Waals surface area contributed by atoms with Crippen molar-refractivity contribution >= 4 is 39.2 Å². The van der Waals surface area contributed by atoms with Crippen LogP contribution in [0.2, 0.25) is 0 Å². The molecule has 4 nitrogen and oxygen atoms in total. The molecule has 3 aromatic rings. The van der Waals surface area contributed by atoms with Crippen molar-refractivity contribution in [2.45, 2.75) is 42.5 Å². The van der Waals surface area contributed by atoms with Gasteiger partial charge < -0.3 is 10.2 Å². The van der Waals surface area contributed by atoms with Gasteiger partial charge in [-0.2, -0.15) is 0 Å². The van der Waals surface area contributed by atoms with Gasteiger partial charge in [0.25, 0.3) is 0 Å². The Bertz CT molecular complexity index is 977. The van der Waals surface area contributed by atoms with Crippen LogP contribution in [0.5, 0.6) is 0 Å². The van der Waals surface area contributed by atoms with Gasteiger partial charge in [0, 0.05) is 51.2 Å². The van der Waals surface area contributed by atoms with Crippen molar-refractivity contribution in [1.82, 2.24) is 9.97 Å². The lowest BCUT2D eigenvalue weighted by atomic mass is 10.0. The molecule has 1 atom stereocenters. The van der Waals surface area contributed by atoms with E-state index in [0.717, 1.165) is 47.7 Å². The van der Waals surface area contributed by atoms with Gasteiger partial charge in [-0.15, -0.1) is 0 Å². The molecule has 4 rings (SSSR count). The van der Waals surface area contributed by atoms with Crippen LogP contribution in [0.4, 0.5) is 11.5 Å². The van der Waals surface area contributed by atoms with Gasteiger partial charge in [0.15, 0.2) is 0 Å². The molecule has 1 aromatic heterocycles. The Morgan fingerprint density at radius 3 is 2.69 bits per heavy atom. The number of fused-ring (bicyclic) bond motifs is 1. The van der Waals surface area contributed by atoms with E-state index in [2.05, 4.69) is 93.5 Å². The number of rotatable bonds is 6. The normalized spacial score (nSPS) is 15.8. The summed E-state index contributed by atoms with van der Waals surface area (Å²) >= 11 is 5.29. The number of aromatic nitrogens is 2. The molecule has 0 fully saturated rings. The van der Waals surface area contributed by atoms with Gasteiger partial charge in [-0.25, -0.2) is 9.97 Å². The number of aryl methyl sites for hydroxylation is 1. The summed E-state index contributed by atoms with van der Waals surface area (Å²) in [7, 11) is 0. The Balaban J connectivity index is 1.61. The van der Waals surface area contributed by atoms with Crippen LogP contribution < -0.4 is 10.2 Å². The fourth-order valence-corrected chi connectivity index (χ4v) is 4.76. The van der Waals surface area contributed by atoms with Crippen molar-refractivity contribution in [2.75, 3.05) is 23.3 Å². The summed E-state index contributed by atoms with van der Waals surface area (Å²) in [4.78, 5) is 14.2. The van der Waals surface area contributed by atoms with Crippen LogP contribution in [0.25, 0.3) is 0 Å². The molecule has 0 saturated carbocycles. The second-order valence-corrected chi connectivity index (χ2v) is 9.07. The van der Waals surface area contributed by atoms with Crippen LogP contribution in [0, 0.1) is 0 Å². The Morgan fingerprint density at radius 1 is 1.14 bits per heavy atom. The third-order valence-corrected chi connectivity index (χ3v) is 6.78. The van der Waals surface area contributed by atoms with Crippen LogP contribution in [0.1, 0.15) is 37.7 Å². The molecule has 0 radical (unpaired) electrons. The summed E-state index contributed by atoms with van der Waals surface area (Å²) < 4.78 is 1.10. The molecule has 1 aliphatic rings. The number of nitrogens with zero attached hydrogens (tertiary/aromatic N) is 3. The molecule has 6 heteroatoms. The van der Waals surface area contributed by atoms with E-state index in [9.17, 15) is 0 Å². The Morgan fingerprint density at radius 2 is 1.93 bits per heavy atom. The van der Waals surface area contributed by atoms with E-state index in [1.54, 1.807) is 11.8 Å². The first-order valence-corrected chi connectivity index (χ1v) is 11.7. The first-order chi connectivity index (χ1) is 14.2. The lowest BCUT2D eigenvalue weighted by molar-refractivity contribution is 0.611. The van der Waals surface area contributed by atoms with Gasteiger partial charge in [0.1, 0.15) is 11.6 Å². The predicted octanol–water partition coefficient (Wildman–Crippen LogP) is 6.34. The summed E-state index contributed by atoms with van der Waals surface area (Å²) in [6, 6.07) is 17.2. The molecule has 0 saturated heterocycles. The second-order valence-electron chi connectivity index (χ2n) is 7.04. The summed E-state index contributed by atoms with van der Waals surface area (Å²) in [5.41, 5.74) is 2.35. The van der Waals surface area contributed by atoms with Crippen LogP contribution in [0.3, 0.4) is 0 Å². The molecule has 0 aliphatic carbocycles. The number of halogens is 1. The first kappa shape index (κ1) is 20.2. The molecule has 150 valence electrons. The molecule has 0 spiro atoms.